The summed E-state index contributed by atoms with van der Waals surface area (Å²) in [5.41, 5.74) is 0. The molecular formula is C26H50N4O6S. The molecule has 0 aromatic rings. The predicted molar refractivity (Wildman–Crippen MR) is 145 cm³/mol. The normalized spacial score (nSPS) is 28.9. The zero-order valence-electron chi connectivity index (χ0n) is 23.7. The SMILES string of the molecule is CCC(CNC)C1CCC2C(C1)N(C(=O)OC1CCCCN1)CC(C)N2C(=O)OC.CCCS(C)(=O)=O. The van der Waals surface area contributed by atoms with Crippen molar-refractivity contribution in [2.24, 2.45) is 11.8 Å². The Balaban J connectivity index is 0.000000604. The van der Waals surface area contributed by atoms with Crippen molar-refractivity contribution < 1.29 is 27.5 Å². The fourth-order valence-corrected chi connectivity index (χ4v) is 6.84. The predicted octanol–water partition coefficient (Wildman–Crippen LogP) is 3.22. The lowest BCUT2D eigenvalue weighted by Crippen LogP contribution is -2.67. The van der Waals surface area contributed by atoms with Gasteiger partial charge < -0.3 is 19.7 Å². The maximum absolute atomic E-state index is 13.2. The van der Waals surface area contributed by atoms with Crippen LogP contribution in [0.2, 0.25) is 0 Å². The second-order valence-electron chi connectivity index (χ2n) is 10.8. The number of sulfone groups is 1. The van der Waals surface area contributed by atoms with Gasteiger partial charge in [0.1, 0.15) is 9.84 Å². The highest BCUT2D eigenvalue weighted by Gasteiger charge is 2.49. The fourth-order valence-electron chi connectivity index (χ4n) is 6.10. The Hall–Kier alpha value is -1.59. The molecule has 2 N–H and O–H groups in total. The van der Waals surface area contributed by atoms with Crippen molar-refractivity contribution in [3.63, 3.8) is 0 Å². The summed E-state index contributed by atoms with van der Waals surface area (Å²) in [5.74, 6) is 1.41. The Morgan fingerprint density at radius 1 is 1.11 bits per heavy atom. The number of piperazine rings is 1. The summed E-state index contributed by atoms with van der Waals surface area (Å²) >= 11 is 0. The number of ether oxygens (including phenoxy) is 2. The number of rotatable bonds is 7. The van der Waals surface area contributed by atoms with E-state index in [9.17, 15) is 18.0 Å². The minimum Gasteiger partial charge on any atom is -0.453 e. The molecule has 0 aromatic heterocycles. The van der Waals surface area contributed by atoms with Gasteiger partial charge in [0.25, 0.3) is 0 Å². The van der Waals surface area contributed by atoms with Gasteiger partial charge in [-0.1, -0.05) is 20.3 Å². The van der Waals surface area contributed by atoms with Gasteiger partial charge in [-0.15, -0.1) is 0 Å². The third-order valence-corrected chi connectivity index (χ3v) is 9.03. The number of fused-ring (bicyclic) bond motifs is 1. The Morgan fingerprint density at radius 2 is 1.84 bits per heavy atom. The Labute approximate surface area is 224 Å². The monoisotopic (exact) mass is 546 g/mol. The van der Waals surface area contributed by atoms with Crippen molar-refractivity contribution in [2.45, 2.75) is 96.5 Å². The third-order valence-electron chi connectivity index (χ3n) is 7.88. The number of methoxy groups -OCH3 is 1. The standard InChI is InChI=1S/C22H40N4O4.C4H10O2S/c1-5-16(13-23-3)17-9-10-18-19(12-17)25(14-15(2)26(18)22(28)29-4)21(27)30-20-8-6-7-11-24-20;1-3-4-7(2,5)6/h15-20,23-24H,5-14H2,1-4H3;3-4H2,1-2H3. The van der Waals surface area contributed by atoms with Crippen LogP contribution in [0.3, 0.4) is 0 Å². The lowest BCUT2D eigenvalue weighted by molar-refractivity contribution is -0.0520. The first-order chi connectivity index (χ1) is 17.6. The van der Waals surface area contributed by atoms with Crippen molar-refractivity contribution in [1.82, 2.24) is 20.4 Å². The van der Waals surface area contributed by atoms with Gasteiger partial charge in [0, 0.05) is 18.6 Å². The molecule has 1 saturated carbocycles. The third kappa shape index (κ3) is 9.28. The van der Waals surface area contributed by atoms with Gasteiger partial charge in [-0.3, -0.25) is 10.2 Å². The molecule has 0 bridgehead atoms. The number of amides is 2. The smallest absolute Gasteiger partial charge is 0.411 e. The molecule has 6 unspecified atom stereocenters. The van der Waals surface area contributed by atoms with E-state index in [2.05, 4.69) is 17.6 Å². The van der Waals surface area contributed by atoms with Gasteiger partial charge in [0.2, 0.25) is 0 Å². The van der Waals surface area contributed by atoms with E-state index < -0.39 is 9.84 Å². The first-order valence-corrected chi connectivity index (χ1v) is 16.0. The first-order valence-electron chi connectivity index (χ1n) is 13.9. The van der Waals surface area contributed by atoms with Gasteiger partial charge in [0.15, 0.2) is 6.23 Å². The van der Waals surface area contributed by atoms with E-state index in [-0.39, 0.29) is 36.5 Å². The van der Waals surface area contributed by atoms with Crippen molar-refractivity contribution in [2.75, 3.05) is 45.8 Å². The molecule has 3 fully saturated rings. The van der Waals surface area contributed by atoms with Crippen molar-refractivity contribution >= 4 is 22.0 Å². The lowest BCUT2D eigenvalue weighted by Gasteiger charge is -2.53. The summed E-state index contributed by atoms with van der Waals surface area (Å²) in [5, 5.41) is 6.62. The van der Waals surface area contributed by atoms with E-state index in [4.69, 9.17) is 9.47 Å². The first kappa shape index (κ1) is 31.6. The van der Waals surface area contributed by atoms with E-state index in [1.807, 2.05) is 30.7 Å². The molecule has 37 heavy (non-hydrogen) atoms. The molecular weight excluding hydrogens is 496 g/mol. The van der Waals surface area contributed by atoms with Crippen molar-refractivity contribution in [1.29, 1.82) is 0 Å². The van der Waals surface area contributed by atoms with Crippen molar-refractivity contribution in [3.8, 4) is 0 Å². The molecule has 3 rings (SSSR count). The number of nitrogens with zero attached hydrogens (tertiary/aromatic N) is 2. The average molecular weight is 547 g/mol. The minimum absolute atomic E-state index is 0.0172. The van der Waals surface area contributed by atoms with Gasteiger partial charge in [-0.2, -0.15) is 0 Å². The molecule has 11 heteroatoms. The Kier molecular flexibility index (Phi) is 12.9. The van der Waals surface area contributed by atoms with E-state index in [0.717, 1.165) is 64.5 Å². The fraction of sp³-hybridized carbons (Fsp3) is 0.923. The van der Waals surface area contributed by atoms with E-state index >= 15 is 0 Å². The molecule has 0 radical (unpaired) electrons. The summed E-state index contributed by atoms with van der Waals surface area (Å²) in [4.78, 5) is 29.5. The number of hydrogen-bond acceptors (Lipinski definition) is 8. The maximum Gasteiger partial charge on any atom is 0.411 e. The molecule has 10 nitrogen and oxygen atoms in total. The Bertz CT molecular complexity index is 820. The summed E-state index contributed by atoms with van der Waals surface area (Å²) in [7, 11) is 0.758. The van der Waals surface area contributed by atoms with Gasteiger partial charge in [-0.25, -0.2) is 18.0 Å². The zero-order chi connectivity index (χ0) is 27.6. The van der Waals surface area contributed by atoms with Crippen LogP contribution < -0.4 is 10.6 Å². The highest BCUT2D eigenvalue weighted by Crippen LogP contribution is 2.39. The molecule has 6 atom stereocenters. The van der Waals surface area contributed by atoms with Gasteiger partial charge in [0.05, 0.1) is 25.2 Å². The number of piperidine rings is 1. The number of carbonyl (C=O) groups is 2. The lowest BCUT2D eigenvalue weighted by atomic mass is 9.73. The summed E-state index contributed by atoms with van der Waals surface area (Å²) in [6.45, 7) is 8.43. The van der Waals surface area contributed by atoms with E-state index in [0.29, 0.717) is 24.1 Å². The molecule has 1 aliphatic carbocycles. The minimum atomic E-state index is -2.67. The van der Waals surface area contributed by atoms with Crippen LogP contribution in [0.5, 0.6) is 0 Å². The van der Waals surface area contributed by atoms with Crippen LogP contribution in [0, 0.1) is 11.8 Å². The van der Waals surface area contributed by atoms with E-state index in [1.165, 1.54) is 13.4 Å². The number of hydrogen-bond donors (Lipinski definition) is 2. The largest absolute Gasteiger partial charge is 0.453 e. The highest BCUT2D eigenvalue weighted by atomic mass is 32.2. The second kappa shape index (κ2) is 15.1. The molecule has 2 amide bonds. The summed E-state index contributed by atoms with van der Waals surface area (Å²) < 4.78 is 31.4. The highest BCUT2D eigenvalue weighted by molar-refractivity contribution is 7.90. The molecule has 3 aliphatic rings. The number of carbonyl (C=O) groups excluding carboxylic acids is 2. The molecule has 216 valence electrons. The average Bonchev–Trinajstić information content (AvgIpc) is 2.86. The van der Waals surface area contributed by atoms with E-state index in [1.54, 1.807) is 0 Å². The molecule has 2 aliphatic heterocycles. The second-order valence-corrected chi connectivity index (χ2v) is 13.0. The number of nitrogens with one attached hydrogen (secondary N) is 2. The summed E-state index contributed by atoms with van der Waals surface area (Å²) in [6.07, 6.45) is 8.25. The quantitative estimate of drug-likeness (QED) is 0.500. The van der Waals surface area contributed by atoms with Crippen LogP contribution in [-0.2, 0) is 19.3 Å². The molecule has 2 heterocycles. The topological polar surface area (TPSA) is 117 Å². The van der Waals surface area contributed by atoms with Crippen LogP contribution in [0.15, 0.2) is 0 Å². The molecule has 2 saturated heterocycles. The summed E-state index contributed by atoms with van der Waals surface area (Å²) in [6, 6.07) is -0.140. The van der Waals surface area contributed by atoms with Crippen LogP contribution in [-0.4, -0.2) is 101 Å². The van der Waals surface area contributed by atoms with Crippen LogP contribution in [0.1, 0.15) is 72.1 Å². The van der Waals surface area contributed by atoms with Crippen LogP contribution in [0.4, 0.5) is 9.59 Å². The van der Waals surface area contributed by atoms with Crippen LogP contribution in [0.25, 0.3) is 0 Å². The molecule has 0 spiro atoms. The van der Waals surface area contributed by atoms with Crippen LogP contribution >= 0.6 is 0 Å². The zero-order valence-corrected chi connectivity index (χ0v) is 24.5. The van der Waals surface area contributed by atoms with Gasteiger partial charge >= 0.3 is 12.2 Å². The Morgan fingerprint density at radius 3 is 2.35 bits per heavy atom. The maximum atomic E-state index is 13.2. The molecule has 0 aromatic carbocycles. The van der Waals surface area contributed by atoms with Gasteiger partial charge in [-0.05, 0) is 83.8 Å². The van der Waals surface area contributed by atoms with Crippen molar-refractivity contribution in [3.05, 3.63) is 0 Å².